The predicted octanol–water partition coefficient (Wildman–Crippen LogP) is 1.83. The Labute approximate surface area is 96.3 Å². The second-order valence-electron chi connectivity index (χ2n) is 3.15. The third kappa shape index (κ3) is 1.65. The van der Waals surface area contributed by atoms with Gasteiger partial charge in [-0.25, -0.2) is 9.78 Å². The van der Waals surface area contributed by atoms with Gasteiger partial charge in [-0.05, 0) is 12.1 Å². The Bertz CT molecular complexity index is 536. The molecular formula is C10H8ClN3O2. The number of hydrogen-bond acceptors (Lipinski definition) is 3. The number of hydrogen-bond donors (Lipinski definition) is 1. The Balaban J connectivity index is 2.61. The molecule has 2 aromatic heterocycles. The first-order valence-corrected chi connectivity index (χ1v) is 4.86. The number of halogens is 1. The van der Waals surface area contributed by atoms with Gasteiger partial charge in [0.2, 0.25) is 0 Å². The summed E-state index contributed by atoms with van der Waals surface area (Å²) in [6.07, 6.45) is 1.61. The molecule has 1 N–H and O–H groups in total. The SMILES string of the molecule is Cn1c(-c2ccccn2)nc(Cl)c1C(=O)O. The summed E-state index contributed by atoms with van der Waals surface area (Å²) < 4.78 is 1.41. The van der Waals surface area contributed by atoms with Crippen molar-refractivity contribution in [2.24, 2.45) is 7.05 Å². The molecule has 0 saturated heterocycles. The first-order valence-electron chi connectivity index (χ1n) is 4.48. The van der Waals surface area contributed by atoms with Crippen molar-refractivity contribution in [3.8, 4) is 11.5 Å². The van der Waals surface area contributed by atoms with Crippen molar-refractivity contribution in [2.45, 2.75) is 0 Å². The molecule has 0 aliphatic heterocycles. The molecule has 0 aliphatic carbocycles. The van der Waals surface area contributed by atoms with E-state index < -0.39 is 5.97 Å². The molecule has 0 unspecified atom stereocenters. The van der Waals surface area contributed by atoms with E-state index in [1.54, 1.807) is 31.4 Å². The molecule has 2 heterocycles. The van der Waals surface area contributed by atoms with E-state index in [1.165, 1.54) is 4.57 Å². The smallest absolute Gasteiger partial charge is 0.355 e. The Kier molecular flexibility index (Phi) is 2.62. The third-order valence-electron chi connectivity index (χ3n) is 2.15. The molecule has 6 heteroatoms. The second kappa shape index (κ2) is 3.94. The van der Waals surface area contributed by atoms with Gasteiger partial charge in [0.1, 0.15) is 5.69 Å². The highest BCUT2D eigenvalue weighted by atomic mass is 35.5. The van der Waals surface area contributed by atoms with Crippen molar-refractivity contribution in [3.05, 3.63) is 35.2 Å². The third-order valence-corrected chi connectivity index (χ3v) is 2.41. The van der Waals surface area contributed by atoms with Gasteiger partial charge in [0.15, 0.2) is 16.7 Å². The monoisotopic (exact) mass is 237 g/mol. The quantitative estimate of drug-likeness (QED) is 0.865. The van der Waals surface area contributed by atoms with Crippen molar-refractivity contribution in [2.75, 3.05) is 0 Å². The largest absolute Gasteiger partial charge is 0.476 e. The fourth-order valence-corrected chi connectivity index (χ4v) is 1.71. The van der Waals surface area contributed by atoms with Gasteiger partial charge >= 0.3 is 5.97 Å². The summed E-state index contributed by atoms with van der Waals surface area (Å²) in [5.74, 6) is -0.676. The van der Waals surface area contributed by atoms with Crippen molar-refractivity contribution < 1.29 is 9.90 Å². The molecule has 0 radical (unpaired) electrons. The number of rotatable bonds is 2. The lowest BCUT2D eigenvalue weighted by molar-refractivity contribution is 0.0687. The van der Waals surface area contributed by atoms with Gasteiger partial charge < -0.3 is 9.67 Å². The van der Waals surface area contributed by atoms with E-state index in [4.69, 9.17) is 16.7 Å². The minimum Gasteiger partial charge on any atom is -0.476 e. The topological polar surface area (TPSA) is 68.0 Å². The van der Waals surface area contributed by atoms with Crippen LogP contribution in [0, 0.1) is 0 Å². The highest BCUT2D eigenvalue weighted by Crippen LogP contribution is 2.22. The fraction of sp³-hybridized carbons (Fsp3) is 0.100. The van der Waals surface area contributed by atoms with E-state index in [0.717, 1.165) is 0 Å². The van der Waals surface area contributed by atoms with Crippen LogP contribution in [-0.2, 0) is 7.05 Å². The standard InChI is InChI=1S/C10H8ClN3O2/c1-14-7(10(15)16)8(11)13-9(14)6-4-2-3-5-12-6/h2-5H,1H3,(H,15,16). The van der Waals surface area contributed by atoms with Gasteiger partial charge in [-0.1, -0.05) is 17.7 Å². The number of nitrogens with zero attached hydrogens (tertiary/aromatic N) is 3. The molecule has 5 nitrogen and oxygen atoms in total. The number of carboxylic acids is 1. The van der Waals surface area contributed by atoms with Gasteiger partial charge in [0.25, 0.3) is 0 Å². The second-order valence-corrected chi connectivity index (χ2v) is 3.51. The molecular weight excluding hydrogens is 230 g/mol. The van der Waals surface area contributed by atoms with Crippen molar-refractivity contribution in [3.63, 3.8) is 0 Å². The molecule has 2 rings (SSSR count). The summed E-state index contributed by atoms with van der Waals surface area (Å²) in [6, 6.07) is 5.31. The number of aromatic nitrogens is 3. The molecule has 0 spiro atoms. The van der Waals surface area contributed by atoms with Crippen LogP contribution in [0.4, 0.5) is 0 Å². The molecule has 0 bridgehead atoms. The van der Waals surface area contributed by atoms with E-state index >= 15 is 0 Å². The van der Waals surface area contributed by atoms with Gasteiger partial charge in [-0.3, -0.25) is 4.98 Å². The summed E-state index contributed by atoms with van der Waals surface area (Å²) in [7, 11) is 1.59. The van der Waals surface area contributed by atoms with Crippen molar-refractivity contribution in [1.82, 2.24) is 14.5 Å². The first kappa shape index (κ1) is 10.6. The number of aromatic carboxylic acids is 1. The summed E-state index contributed by atoms with van der Waals surface area (Å²) >= 11 is 5.75. The van der Waals surface area contributed by atoms with Crippen LogP contribution in [0.25, 0.3) is 11.5 Å². The summed E-state index contributed by atoms with van der Waals surface area (Å²) in [6.45, 7) is 0. The van der Waals surface area contributed by atoms with Crippen LogP contribution in [0.1, 0.15) is 10.5 Å². The van der Waals surface area contributed by atoms with E-state index in [1.807, 2.05) is 0 Å². The molecule has 0 saturated carbocycles. The summed E-state index contributed by atoms with van der Waals surface area (Å²) in [5.41, 5.74) is 0.543. The molecule has 0 atom stereocenters. The maximum Gasteiger partial charge on any atom is 0.355 e. The van der Waals surface area contributed by atoms with Gasteiger partial charge in [0.05, 0.1) is 0 Å². The van der Waals surface area contributed by atoms with Crippen LogP contribution in [0.5, 0.6) is 0 Å². The average molecular weight is 238 g/mol. The van der Waals surface area contributed by atoms with Crippen molar-refractivity contribution >= 4 is 17.6 Å². The zero-order valence-corrected chi connectivity index (χ0v) is 9.14. The summed E-state index contributed by atoms with van der Waals surface area (Å²) in [5, 5.41) is 8.91. The molecule has 0 fully saturated rings. The molecule has 16 heavy (non-hydrogen) atoms. The van der Waals surface area contributed by atoms with Crippen LogP contribution in [0.2, 0.25) is 5.15 Å². The normalized spacial score (nSPS) is 10.4. The molecule has 2 aromatic rings. The van der Waals surface area contributed by atoms with Crippen LogP contribution >= 0.6 is 11.6 Å². The zero-order chi connectivity index (χ0) is 11.7. The molecule has 0 aliphatic rings. The average Bonchev–Trinajstić information content (AvgIpc) is 2.55. The van der Waals surface area contributed by atoms with Crippen LogP contribution in [0.15, 0.2) is 24.4 Å². The highest BCUT2D eigenvalue weighted by Gasteiger charge is 2.20. The van der Waals surface area contributed by atoms with E-state index in [9.17, 15) is 4.79 Å². The number of imidazole rings is 1. The predicted molar refractivity (Wildman–Crippen MR) is 58.4 cm³/mol. The van der Waals surface area contributed by atoms with Crippen LogP contribution in [0.3, 0.4) is 0 Å². The number of pyridine rings is 1. The van der Waals surface area contributed by atoms with Crippen LogP contribution in [-0.4, -0.2) is 25.6 Å². The Morgan fingerprint density at radius 1 is 1.50 bits per heavy atom. The van der Waals surface area contributed by atoms with Crippen molar-refractivity contribution in [1.29, 1.82) is 0 Å². The zero-order valence-electron chi connectivity index (χ0n) is 8.38. The maximum atomic E-state index is 10.9. The first-order chi connectivity index (χ1) is 7.61. The van der Waals surface area contributed by atoms with E-state index in [0.29, 0.717) is 11.5 Å². The lowest BCUT2D eigenvalue weighted by Crippen LogP contribution is -2.06. The van der Waals surface area contributed by atoms with Gasteiger partial charge in [-0.15, -0.1) is 0 Å². The number of carbonyl (C=O) groups is 1. The highest BCUT2D eigenvalue weighted by molar-refractivity contribution is 6.32. The lowest BCUT2D eigenvalue weighted by Gasteiger charge is -2.01. The molecule has 82 valence electrons. The molecule has 0 amide bonds. The number of carboxylic acid groups (broad SMARTS) is 1. The van der Waals surface area contributed by atoms with Gasteiger partial charge in [-0.2, -0.15) is 0 Å². The fourth-order valence-electron chi connectivity index (χ4n) is 1.42. The minimum absolute atomic E-state index is 0.0318. The van der Waals surface area contributed by atoms with Crippen LogP contribution < -0.4 is 0 Å². The van der Waals surface area contributed by atoms with E-state index in [2.05, 4.69) is 9.97 Å². The Hall–Kier alpha value is -1.88. The van der Waals surface area contributed by atoms with E-state index in [-0.39, 0.29) is 10.8 Å². The van der Waals surface area contributed by atoms with Gasteiger partial charge in [0, 0.05) is 13.2 Å². The maximum absolute atomic E-state index is 10.9. The Morgan fingerprint density at radius 3 is 2.75 bits per heavy atom. The Morgan fingerprint density at radius 2 is 2.25 bits per heavy atom. The minimum atomic E-state index is -1.11. The molecule has 0 aromatic carbocycles. The summed E-state index contributed by atoms with van der Waals surface area (Å²) in [4.78, 5) is 19.0. The lowest BCUT2D eigenvalue weighted by atomic mass is 10.3.